The van der Waals surface area contributed by atoms with E-state index in [1.807, 2.05) is 37.9 Å². The smallest absolute Gasteiger partial charge is 0.340 e. The first-order chi connectivity index (χ1) is 24.3. The van der Waals surface area contributed by atoms with E-state index in [0.717, 1.165) is 60.7 Å². The number of rotatable bonds is 12. The molecule has 0 unspecified atom stereocenters. The van der Waals surface area contributed by atoms with Crippen molar-refractivity contribution < 1.29 is 28.6 Å². The van der Waals surface area contributed by atoms with Gasteiger partial charge in [-0.3, -0.25) is 4.79 Å². The summed E-state index contributed by atoms with van der Waals surface area (Å²) < 4.78 is 19.1. The number of esters is 1. The minimum atomic E-state index is -1.17. The van der Waals surface area contributed by atoms with Gasteiger partial charge in [0.05, 0.1) is 6.42 Å². The van der Waals surface area contributed by atoms with Crippen LogP contribution < -0.4 is 21.4 Å². The summed E-state index contributed by atoms with van der Waals surface area (Å²) in [6.07, 6.45) is 9.45. The molecule has 11 nitrogen and oxygen atoms in total. The molecular formula is C40H52N4O7. The molecule has 0 radical (unpaired) electrons. The van der Waals surface area contributed by atoms with Gasteiger partial charge in [0.15, 0.2) is 5.60 Å². The average Bonchev–Trinajstić information content (AvgIpc) is 3.44. The number of hydrogen-bond donors (Lipinski definition) is 3. The maximum Gasteiger partial charge on any atom is 0.340 e. The zero-order valence-electron chi connectivity index (χ0n) is 30.6. The van der Waals surface area contributed by atoms with E-state index < -0.39 is 22.6 Å². The quantitative estimate of drug-likeness (QED) is 0.137. The lowest BCUT2D eigenvalue weighted by molar-refractivity contribution is -0.174. The van der Waals surface area contributed by atoms with Gasteiger partial charge in [-0.2, -0.15) is 0 Å². The van der Waals surface area contributed by atoms with Crippen LogP contribution in [0.25, 0.3) is 11.0 Å². The van der Waals surface area contributed by atoms with Crippen molar-refractivity contribution in [3.63, 3.8) is 0 Å². The second kappa shape index (κ2) is 14.4. The van der Waals surface area contributed by atoms with E-state index in [-0.39, 0.29) is 31.0 Å². The Bertz CT molecular complexity index is 1880. The van der Waals surface area contributed by atoms with Crippen LogP contribution in [0.4, 0.5) is 5.82 Å². The lowest BCUT2D eigenvalue weighted by Gasteiger charge is -2.43. The van der Waals surface area contributed by atoms with E-state index in [1.54, 1.807) is 38.3 Å². The fourth-order valence-electron chi connectivity index (χ4n) is 8.26. The van der Waals surface area contributed by atoms with Crippen LogP contribution in [-0.2, 0) is 39.0 Å². The number of nitrogens with one attached hydrogen (secondary N) is 1. The number of pyridine rings is 1. The zero-order chi connectivity index (χ0) is 36.6. The Morgan fingerprint density at radius 3 is 2.59 bits per heavy atom. The maximum absolute atomic E-state index is 13.5. The lowest BCUT2D eigenvalue weighted by Crippen LogP contribution is -2.58. The molecule has 4 N–H and O–H groups in total. The molecule has 1 amide bonds. The molecule has 1 aromatic carbocycles. The summed E-state index contributed by atoms with van der Waals surface area (Å²) in [6, 6.07) is 7.47. The molecule has 0 bridgehead atoms. The molecule has 1 saturated heterocycles. The van der Waals surface area contributed by atoms with E-state index in [0.29, 0.717) is 60.1 Å². The summed E-state index contributed by atoms with van der Waals surface area (Å²) in [5.74, 6) is 0.838. The number of likely N-dealkylation sites (tertiary alicyclic amines) is 1. The normalized spacial score (nSPS) is 20.5. The number of amides is 1. The molecule has 274 valence electrons. The molecule has 11 heteroatoms. The molecule has 2 aromatic heterocycles. The molecule has 2 fully saturated rings. The van der Waals surface area contributed by atoms with Crippen molar-refractivity contribution in [2.24, 2.45) is 5.92 Å². The summed E-state index contributed by atoms with van der Waals surface area (Å²) in [6.45, 7) is 9.46. The maximum atomic E-state index is 13.5. The molecule has 3 aromatic rings. The number of hydrogen-bond acceptors (Lipinski definition) is 10. The summed E-state index contributed by atoms with van der Waals surface area (Å²) in [5.41, 5.74) is 7.03. The van der Waals surface area contributed by atoms with Gasteiger partial charge in [0.1, 0.15) is 22.8 Å². The number of nitrogens with two attached hydrogens (primary N) is 1. The van der Waals surface area contributed by atoms with E-state index >= 15 is 0 Å². The number of aliphatic hydroxyl groups is 1. The number of allylic oxidation sites excluding steroid dienone is 1. The first kappa shape index (κ1) is 36.6. The Labute approximate surface area is 299 Å². The molecule has 1 aliphatic carbocycles. The van der Waals surface area contributed by atoms with Crippen LogP contribution in [0, 0.1) is 5.92 Å². The Morgan fingerprint density at radius 2 is 1.90 bits per heavy atom. The van der Waals surface area contributed by atoms with Crippen LogP contribution in [0.5, 0.6) is 5.75 Å². The molecule has 1 atom stereocenters. The predicted molar refractivity (Wildman–Crippen MR) is 196 cm³/mol. The van der Waals surface area contributed by atoms with Crippen LogP contribution in [0.15, 0.2) is 51.3 Å². The molecule has 1 saturated carbocycles. The summed E-state index contributed by atoms with van der Waals surface area (Å²) in [7, 11) is 1.91. The lowest BCUT2D eigenvalue weighted by atomic mass is 9.68. The SMILES string of the molecule is C/C=C(\C)C(=O)OC(C)(C)[C@]1(Cc2cc(N)ncc2CC(=O)N2CC(CNC)C2)Cc2cc3cc(C4(CCO)CCCCC4)c(=O)oc3cc2O1. The van der Waals surface area contributed by atoms with Crippen LogP contribution in [0.3, 0.4) is 0 Å². The summed E-state index contributed by atoms with van der Waals surface area (Å²) >= 11 is 0. The van der Waals surface area contributed by atoms with Crippen molar-refractivity contribution >= 4 is 28.7 Å². The van der Waals surface area contributed by atoms with Gasteiger partial charge < -0.3 is 34.9 Å². The van der Waals surface area contributed by atoms with Crippen LogP contribution >= 0.6 is 0 Å². The largest absolute Gasteiger partial charge is 0.482 e. The first-order valence-corrected chi connectivity index (χ1v) is 18.3. The van der Waals surface area contributed by atoms with E-state index in [4.69, 9.17) is 19.6 Å². The third-order valence-electron chi connectivity index (χ3n) is 11.6. The number of anilines is 1. The van der Waals surface area contributed by atoms with E-state index in [2.05, 4.69) is 10.3 Å². The van der Waals surface area contributed by atoms with Gasteiger partial charge in [-0.25, -0.2) is 14.6 Å². The number of fused-ring (bicyclic) bond motifs is 2. The van der Waals surface area contributed by atoms with E-state index in [1.165, 1.54) is 0 Å². The highest BCUT2D eigenvalue weighted by Gasteiger charge is 2.54. The highest BCUT2D eigenvalue weighted by molar-refractivity contribution is 5.88. The Hall–Kier alpha value is -4.22. The minimum Gasteiger partial charge on any atom is -0.482 e. The molecule has 0 spiro atoms. The van der Waals surface area contributed by atoms with Gasteiger partial charge in [0.25, 0.3) is 0 Å². The number of carbonyl (C=O) groups excluding carboxylic acids is 2. The zero-order valence-corrected chi connectivity index (χ0v) is 30.6. The molecule has 4 heterocycles. The van der Waals surface area contributed by atoms with Gasteiger partial charge >= 0.3 is 11.6 Å². The number of benzene rings is 1. The number of nitrogens with zero attached hydrogens (tertiary/aromatic N) is 2. The fourth-order valence-corrected chi connectivity index (χ4v) is 8.26. The van der Waals surface area contributed by atoms with Gasteiger partial charge in [0.2, 0.25) is 5.91 Å². The van der Waals surface area contributed by atoms with Crippen molar-refractivity contribution in [1.29, 1.82) is 0 Å². The second-order valence-electron chi connectivity index (χ2n) is 15.4. The highest BCUT2D eigenvalue weighted by atomic mass is 16.6. The topological polar surface area (TPSA) is 157 Å². The number of ether oxygens (including phenoxy) is 2. The molecule has 2 aliphatic heterocycles. The Morgan fingerprint density at radius 1 is 1.16 bits per heavy atom. The van der Waals surface area contributed by atoms with Crippen molar-refractivity contribution in [1.82, 2.24) is 15.2 Å². The number of aromatic nitrogens is 1. The number of nitrogen functional groups attached to an aromatic ring is 1. The van der Waals surface area contributed by atoms with Crippen LogP contribution in [0.2, 0.25) is 0 Å². The average molecular weight is 701 g/mol. The molecule has 3 aliphatic rings. The molecular weight excluding hydrogens is 648 g/mol. The van der Waals surface area contributed by atoms with Gasteiger partial charge in [-0.15, -0.1) is 0 Å². The fraction of sp³-hybridized carbons (Fsp3) is 0.550. The van der Waals surface area contributed by atoms with Crippen LogP contribution in [0.1, 0.15) is 88.5 Å². The molecule has 6 rings (SSSR count). The van der Waals surface area contributed by atoms with Crippen molar-refractivity contribution in [3.05, 3.63) is 74.8 Å². The monoisotopic (exact) mass is 700 g/mol. The van der Waals surface area contributed by atoms with E-state index in [9.17, 15) is 19.5 Å². The predicted octanol–water partition coefficient (Wildman–Crippen LogP) is 4.78. The minimum absolute atomic E-state index is 0.000510. The second-order valence-corrected chi connectivity index (χ2v) is 15.4. The van der Waals surface area contributed by atoms with Crippen molar-refractivity contribution in [2.75, 3.05) is 39.0 Å². The standard InChI is InChI=1S/C40H52N4O7/c1-6-25(2)36(47)51-38(3,4)40(19-28-16-34(41)43-22-30(28)17-35(46)44-23-26(24-44)21-42-5)20-29-14-27-15-31(37(48)49-32(27)18-33(29)50-40)39(12-13-45)10-8-7-9-11-39/h6,14-16,18,22,26,42,45H,7-13,17,19-21,23-24H2,1-5H3,(H2,41,43)/b25-6+/t40-/m0/s1. The van der Waals surface area contributed by atoms with Gasteiger partial charge in [-0.05, 0) is 88.9 Å². The van der Waals surface area contributed by atoms with Gasteiger partial charge in [0, 0.05) is 79.2 Å². The summed E-state index contributed by atoms with van der Waals surface area (Å²) in [5, 5.41) is 13.9. The molecule has 51 heavy (non-hydrogen) atoms. The summed E-state index contributed by atoms with van der Waals surface area (Å²) in [4.78, 5) is 46.4. The first-order valence-electron chi connectivity index (χ1n) is 18.3. The highest BCUT2D eigenvalue weighted by Crippen LogP contribution is 2.48. The number of carbonyl (C=O) groups is 2. The van der Waals surface area contributed by atoms with Crippen molar-refractivity contribution in [3.8, 4) is 5.75 Å². The number of aliphatic hydroxyl groups excluding tert-OH is 1. The van der Waals surface area contributed by atoms with Crippen LogP contribution in [-0.4, -0.2) is 71.4 Å². The third-order valence-corrected chi connectivity index (χ3v) is 11.6. The third kappa shape index (κ3) is 7.15. The van der Waals surface area contributed by atoms with Gasteiger partial charge in [-0.1, -0.05) is 25.3 Å². The Balaban J connectivity index is 1.38. The Kier molecular flexibility index (Phi) is 10.3. The van der Waals surface area contributed by atoms with Crippen molar-refractivity contribution in [2.45, 2.75) is 102 Å².